The van der Waals surface area contributed by atoms with Gasteiger partial charge in [0.15, 0.2) is 0 Å². The summed E-state index contributed by atoms with van der Waals surface area (Å²) in [4.78, 5) is 4.11. The summed E-state index contributed by atoms with van der Waals surface area (Å²) in [5, 5.41) is 3.62. The van der Waals surface area contributed by atoms with E-state index in [9.17, 15) is 0 Å². The second kappa shape index (κ2) is 4.36. The average molecular weight is 223 g/mol. The second-order valence-electron chi connectivity index (χ2n) is 3.23. The van der Waals surface area contributed by atoms with Gasteiger partial charge in [-0.2, -0.15) is 0 Å². The quantitative estimate of drug-likeness (QED) is 0.811. The van der Waals surface area contributed by atoms with Gasteiger partial charge in [0, 0.05) is 0 Å². The van der Waals surface area contributed by atoms with Crippen LogP contribution in [0.1, 0.15) is 11.3 Å². The Morgan fingerprint density at radius 1 is 1.40 bits per heavy atom. The zero-order valence-corrected chi connectivity index (χ0v) is 9.08. The van der Waals surface area contributed by atoms with Gasteiger partial charge in [-0.15, -0.1) is 0 Å². The molecule has 78 valence electrons. The zero-order valence-electron chi connectivity index (χ0n) is 8.33. The summed E-state index contributed by atoms with van der Waals surface area (Å²) in [5.41, 5.74) is 1.13. The fourth-order valence-electron chi connectivity index (χ4n) is 1.26. The van der Waals surface area contributed by atoms with Gasteiger partial charge >= 0.3 is 0 Å². The molecule has 2 aromatic heterocycles. The van der Waals surface area contributed by atoms with Crippen LogP contribution in [0.4, 0.5) is 5.82 Å². The number of nitrogens with one attached hydrogen (secondary N) is 1. The minimum Gasteiger partial charge on any atom is -0.467 e. The molecule has 0 unspecified atom stereocenters. The molecule has 15 heavy (non-hydrogen) atoms. The average Bonchev–Trinajstić information content (AvgIpc) is 2.61. The molecule has 0 saturated carbocycles. The van der Waals surface area contributed by atoms with Gasteiger partial charge in [0.25, 0.3) is 0 Å². The van der Waals surface area contributed by atoms with Gasteiger partial charge in [-0.3, -0.25) is 0 Å². The molecule has 2 heterocycles. The van der Waals surface area contributed by atoms with E-state index in [0.717, 1.165) is 17.1 Å². The molecule has 0 radical (unpaired) electrons. The summed E-state index contributed by atoms with van der Waals surface area (Å²) in [7, 11) is 0. The number of aromatic nitrogens is 1. The molecular formula is C11H11ClN2O. The van der Waals surface area contributed by atoms with Crippen molar-refractivity contribution >= 4 is 17.4 Å². The van der Waals surface area contributed by atoms with Crippen LogP contribution < -0.4 is 5.32 Å². The minimum absolute atomic E-state index is 0.483. The molecule has 0 aliphatic heterocycles. The van der Waals surface area contributed by atoms with Gasteiger partial charge in [-0.1, -0.05) is 17.7 Å². The Morgan fingerprint density at radius 2 is 2.27 bits per heavy atom. The van der Waals surface area contributed by atoms with Crippen LogP contribution in [0.5, 0.6) is 0 Å². The fourth-order valence-corrected chi connectivity index (χ4v) is 1.43. The van der Waals surface area contributed by atoms with E-state index in [4.69, 9.17) is 16.0 Å². The number of hydrogen-bond acceptors (Lipinski definition) is 3. The standard InChI is InChI=1S/C11H11ClN2O/c1-8-5-6-15-9(8)7-13-11-4-2-3-10(12)14-11/h2-6H,7H2,1H3,(H,13,14). The molecule has 0 spiro atoms. The Labute approximate surface area is 93.1 Å². The van der Waals surface area contributed by atoms with Crippen molar-refractivity contribution in [2.24, 2.45) is 0 Å². The predicted molar refractivity (Wildman–Crippen MR) is 60.0 cm³/mol. The lowest BCUT2D eigenvalue weighted by Crippen LogP contribution is -2.01. The van der Waals surface area contributed by atoms with Crippen LogP contribution in [0, 0.1) is 6.92 Å². The number of halogens is 1. The molecule has 3 nitrogen and oxygen atoms in total. The Bertz CT molecular complexity index is 453. The van der Waals surface area contributed by atoms with E-state index in [1.165, 1.54) is 0 Å². The molecular weight excluding hydrogens is 212 g/mol. The number of aryl methyl sites for hydroxylation is 1. The lowest BCUT2D eigenvalue weighted by Gasteiger charge is -2.03. The lowest BCUT2D eigenvalue weighted by atomic mass is 10.3. The molecule has 2 rings (SSSR count). The van der Waals surface area contributed by atoms with Crippen LogP contribution in [-0.2, 0) is 6.54 Å². The third-order valence-corrected chi connectivity index (χ3v) is 2.32. The summed E-state index contributed by atoms with van der Waals surface area (Å²) < 4.78 is 5.29. The Hall–Kier alpha value is -1.48. The summed E-state index contributed by atoms with van der Waals surface area (Å²) in [5.74, 6) is 1.66. The fraction of sp³-hybridized carbons (Fsp3) is 0.182. The molecule has 4 heteroatoms. The van der Waals surface area contributed by atoms with Crippen LogP contribution >= 0.6 is 11.6 Å². The van der Waals surface area contributed by atoms with Crippen LogP contribution in [-0.4, -0.2) is 4.98 Å². The molecule has 0 aliphatic rings. The Balaban J connectivity index is 2.02. The molecule has 0 aliphatic carbocycles. The van der Waals surface area contributed by atoms with Crippen molar-refractivity contribution in [3.05, 3.63) is 47.0 Å². The van der Waals surface area contributed by atoms with Crippen molar-refractivity contribution in [2.75, 3.05) is 5.32 Å². The van der Waals surface area contributed by atoms with Gasteiger partial charge in [0.05, 0.1) is 12.8 Å². The SMILES string of the molecule is Cc1ccoc1CNc1cccc(Cl)n1. The van der Waals surface area contributed by atoms with Crippen LogP contribution in [0.15, 0.2) is 34.9 Å². The largest absolute Gasteiger partial charge is 0.467 e. The lowest BCUT2D eigenvalue weighted by molar-refractivity contribution is 0.515. The number of anilines is 1. The van der Waals surface area contributed by atoms with Crippen molar-refractivity contribution in [3.8, 4) is 0 Å². The van der Waals surface area contributed by atoms with Gasteiger partial charge in [-0.05, 0) is 30.7 Å². The highest BCUT2D eigenvalue weighted by atomic mass is 35.5. The van der Waals surface area contributed by atoms with E-state index >= 15 is 0 Å². The predicted octanol–water partition coefficient (Wildman–Crippen LogP) is 3.25. The van der Waals surface area contributed by atoms with Crippen molar-refractivity contribution in [2.45, 2.75) is 13.5 Å². The highest BCUT2D eigenvalue weighted by Crippen LogP contribution is 2.13. The first-order chi connectivity index (χ1) is 7.25. The number of hydrogen-bond donors (Lipinski definition) is 1. The molecule has 0 amide bonds. The monoisotopic (exact) mass is 222 g/mol. The molecule has 2 aromatic rings. The smallest absolute Gasteiger partial charge is 0.131 e. The van der Waals surface area contributed by atoms with E-state index < -0.39 is 0 Å². The van der Waals surface area contributed by atoms with E-state index in [1.807, 2.05) is 25.1 Å². The van der Waals surface area contributed by atoms with Crippen molar-refractivity contribution in [1.29, 1.82) is 0 Å². The first-order valence-electron chi connectivity index (χ1n) is 4.65. The summed E-state index contributed by atoms with van der Waals surface area (Å²) in [6.45, 7) is 2.62. The van der Waals surface area contributed by atoms with E-state index in [2.05, 4.69) is 10.3 Å². The maximum absolute atomic E-state index is 5.76. The first-order valence-corrected chi connectivity index (χ1v) is 5.03. The van der Waals surface area contributed by atoms with E-state index in [1.54, 1.807) is 12.3 Å². The van der Waals surface area contributed by atoms with Crippen LogP contribution in [0.25, 0.3) is 0 Å². The molecule has 1 N–H and O–H groups in total. The molecule has 0 aromatic carbocycles. The van der Waals surface area contributed by atoms with Crippen molar-refractivity contribution in [1.82, 2.24) is 4.98 Å². The summed E-state index contributed by atoms with van der Waals surface area (Å²) in [6.07, 6.45) is 1.68. The highest BCUT2D eigenvalue weighted by Gasteiger charge is 2.01. The minimum atomic E-state index is 0.483. The zero-order chi connectivity index (χ0) is 10.7. The third kappa shape index (κ3) is 2.50. The summed E-state index contributed by atoms with van der Waals surface area (Å²) in [6, 6.07) is 7.39. The van der Waals surface area contributed by atoms with Gasteiger partial charge < -0.3 is 9.73 Å². The van der Waals surface area contributed by atoms with Gasteiger partial charge in [-0.25, -0.2) is 4.98 Å². The van der Waals surface area contributed by atoms with Crippen molar-refractivity contribution in [3.63, 3.8) is 0 Å². The second-order valence-corrected chi connectivity index (χ2v) is 3.61. The maximum Gasteiger partial charge on any atom is 0.131 e. The van der Waals surface area contributed by atoms with Crippen molar-refractivity contribution < 1.29 is 4.42 Å². The molecule has 0 bridgehead atoms. The highest BCUT2D eigenvalue weighted by molar-refractivity contribution is 6.29. The Morgan fingerprint density at radius 3 is 2.93 bits per heavy atom. The number of pyridine rings is 1. The maximum atomic E-state index is 5.76. The normalized spacial score (nSPS) is 10.3. The van der Waals surface area contributed by atoms with E-state index in [0.29, 0.717) is 11.7 Å². The number of rotatable bonds is 3. The first kappa shape index (κ1) is 10.1. The molecule has 0 saturated heterocycles. The number of nitrogens with zero attached hydrogens (tertiary/aromatic N) is 1. The summed E-state index contributed by atoms with van der Waals surface area (Å²) >= 11 is 5.76. The van der Waals surface area contributed by atoms with Crippen LogP contribution in [0.2, 0.25) is 5.15 Å². The Kier molecular flexibility index (Phi) is 2.92. The van der Waals surface area contributed by atoms with E-state index in [-0.39, 0.29) is 0 Å². The number of furan rings is 1. The van der Waals surface area contributed by atoms with Gasteiger partial charge in [0.1, 0.15) is 16.7 Å². The third-order valence-electron chi connectivity index (χ3n) is 2.11. The molecule has 0 atom stereocenters. The molecule has 0 fully saturated rings. The topological polar surface area (TPSA) is 38.1 Å². The van der Waals surface area contributed by atoms with Gasteiger partial charge in [0.2, 0.25) is 0 Å². The van der Waals surface area contributed by atoms with Crippen LogP contribution in [0.3, 0.4) is 0 Å².